The lowest BCUT2D eigenvalue weighted by atomic mass is 10.1. The Labute approximate surface area is 255 Å². The maximum atomic E-state index is 13.7. The number of aliphatic imine (C=N–C) groups is 2. The Balaban J connectivity index is 1.24. The van der Waals surface area contributed by atoms with Gasteiger partial charge in [-0.15, -0.1) is 0 Å². The zero-order chi connectivity index (χ0) is 30.3. The van der Waals surface area contributed by atoms with Gasteiger partial charge in [0.1, 0.15) is 17.6 Å². The number of amides is 3. The molecule has 0 radical (unpaired) electrons. The molecule has 3 amide bonds. The first-order chi connectivity index (χ1) is 20.9. The highest BCUT2D eigenvalue weighted by atomic mass is 32.2. The fourth-order valence-electron chi connectivity index (χ4n) is 4.83. The highest BCUT2D eigenvalue weighted by Gasteiger charge is 2.42. The molecular weight excluding hydrogens is 562 g/mol. The van der Waals surface area contributed by atoms with Crippen LogP contribution in [0.25, 0.3) is 0 Å². The van der Waals surface area contributed by atoms with Crippen molar-refractivity contribution in [3.8, 4) is 5.75 Å². The van der Waals surface area contributed by atoms with Crippen molar-refractivity contribution >= 4 is 46.2 Å². The molecule has 0 unspecified atom stereocenters. The van der Waals surface area contributed by atoms with Crippen molar-refractivity contribution in [1.29, 1.82) is 0 Å². The van der Waals surface area contributed by atoms with Crippen LogP contribution in [-0.4, -0.2) is 52.0 Å². The summed E-state index contributed by atoms with van der Waals surface area (Å²) in [6.45, 7) is 4.76. The zero-order valence-corrected chi connectivity index (χ0v) is 25.3. The van der Waals surface area contributed by atoms with Crippen LogP contribution in [0.3, 0.4) is 0 Å². The molecule has 0 saturated carbocycles. The normalized spacial score (nSPS) is 16.0. The second-order valence-electron chi connectivity index (χ2n) is 10.4. The van der Waals surface area contributed by atoms with Gasteiger partial charge in [-0.1, -0.05) is 72.8 Å². The van der Waals surface area contributed by atoms with E-state index in [1.807, 2.05) is 86.6 Å². The molecule has 0 spiro atoms. The summed E-state index contributed by atoms with van der Waals surface area (Å²) < 4.78 is 5.17. The summed E-state index contributed by atoms with van der Waals surface area (Å²) in [5.74, 6) is 0.741. The summed E-state index contributed by atoms with van der Waals surface area (Å²) in [4.78, 5) is 50.5. The van der Waals surface area contributed by atoms with Gasteiger partial charge < -0.3 is 15.4 Å². The number of thioether (sulfide) groups is 1. The van der Waals surface area contributed by atoms with Crippen molar-refractivity contribution in [2.45, 2.75) is 57.5 Å². The van der Waals surface area contributed by atoms with Gasteiger partial charge in [-0.3, -0.25) is 19.4 Å². The van der Waals surface area contributed by atoms with E-state index in [-0.39, 0.29) is 30.6 Å². The monoisotopic (exact) mass is 597 g/mol. The third-order valence-electron chi connectivity index (χ3n) is 7.34. The lowest BCUT2D eigenvalue weighted by molar-refractivity contribution is -0.125. The Morgan fingerprint density at radius 1 is 0.977 bits per heavy atom. The van der Waals surface area contributed by atoms with Crippen LogP contribution in [0.2, 0.25) is 0 Å². The third-order valence-corrected chi connectivity index (χ3v) is 8.66. The van der Waals surface area contributed by atoms with Gasteiger partial charge in [-0.25, -0.2) is 9.89 Å². The van der Waals surface area contributed by atoms with Crippen LogP contribution in [0.1, 0.15) is 48.4 Å². The van der Waals surface area contributed by atoms with E-state index in [1.54, 1.807) is 7.11 Å². The quantitative estimate of drug-likeness (QED) is 0.327. The topological polar surface area (TPSA) is 112 Å². The summed E-state index contributed by atoms with van der Waals surface area (Å²) >= 11 is 1.26. The summed E-state index contributed by atoms with van der Waals surface area (Å²) in [7, 11) is 1.61. The number of nitrogens with one attached hydrogen (secondary N) is 2. The smallest absolute Gasteiger partial charge is 0.259 e. The first kappa shape index (κ1) is 30.0. The molecule has 2 N–H and O–H groups in total. The van der Waals surface area contributed by atoms with Crippen molar-refractivity contribution in [2.24, 2.45) is 9.98 Å². The Morgan fingerprint density at radius 3 is 2.35 bits per heavy atom. The average molecular weight is 598 g/mol. The SMILES string of the molecule is CC[C@H](SC1=Nc2ccccc2C2=N[C@@H](CCC(=O)NCc3ccc(OC)cc3)C(=O)N12)C(=O)NCc1ccc(C)cc1. The van der Waals surface area contributed by atoms with E-state index >= 15 is 0 Å². The first-order valence-electron chi connectivity index (χ1n) is 14.4. The molecule has 0 aliphatic carbocycles. The van der Waals surface area contributed by atoms with Crippen LogP contribution in [0.5, 0.6) is 5.75 Å². The van der Waals surface area contributed by atoms with Gasteiger partial charge in [0.15, 0.2) is 5.17 Å². The number of carbonyl (C=O) groups excluding carboxylic acids is 3. The molecule has 3 aromatic carbocycles. The van der Waals surface area contributed by atoms with Gasteiger partial charge in [0, 0.05) is 25.1 Å². The second kappa shape index (κ2) is 13.7. The van der Waals surface area contributed by atoms with E-state index in [0.29, 0.717) is 36.2 Å². The minimum atomic E-state index is -0.714. The molecule has 222 valence electrons. The fourth-order valence-corrected chi connectivity index (χ4v) is 5.87. The van der Waals surface area contributed by atoms with Crippen LogP contribution >= 0.6 is 11.8 Å². The molecule has 3 aromatic rings. The predicted molar refractivity (Wildman–Crippen MR) is 169 cm³/mol. The molecule has 0 aromatic heterocycles. The van der Waals surface area contributed by atoms with E-state index in [1.165, 1.54) is 16.7 Å². The predicted octanol–water partition coefficient (Wildman–Crippen LogP) is 4.89. The number of benzene rings is 3. The van der Waals surface area contributed by atoms with Crippen LogP contribution in [0.4, 0.5) is 5.69 Å². The number of rotatable bonds is 11. The van der Waals surface area contributed by atoms with Crippen molar-refractivity contribution < 1.29 is 19.1 Å². The minimum Gasteiger partial charge on any atom is -0.497 e. The van der Waals surface area contributed by atoms with Gasteiger partial charge in [-0.2, -0.15) is 0 Å². The van der Waals surface area contributed by atoms with Crippen LogP contribution < -0.4 is 15.4 Å². The van der Waals surface area contributed by atoms with Gasteiger partial charge >= 0.3 is 0 Å². The molecule has 2 atom stereocenters. The van der Waals surface area contributed by atoms with Crippen LogP contribution in [0.15, 0.2) is 82.8 Å². The summed E-state index contributed by atoms with van der Waals surface area (Å²) in [5.41, 5.74) is 4.58. The molecule has 2 aliphatic rings. The Kier molecular flexibility index (Phi) is 9.56. The standard InChI is InChI=1S/C33H35N5O4S/c1-4-28(31(40)35-20-22-11-9-21(2)10-12-22)43-33-37-26-8-6-5-7-25(26)30-36-27(32(41)38(30)33)17-18-29(39)34-19-23-13-15-24(42-3)16-14-23/h5-16,27-28H,4,17-20H2,1-3H3,(H,34,39)(H,35,40)/t27-,28-/m0/s1. The van der Waals surface area contributed by atoms with Gasteiger partial charge in [0.25, 0.3) is 5.91 Å². The Bertz CT molecular complexity index is 1550. The second-order valence-corrected chi connectivity index (χ2v) is 11.6. The maximum Gasteiger partial charge on any atom is 0.259 e. The van der Waals surface area contributed by atoms with Crippen molar-refractivity contribution in [1.82, 2.24) is 15.5 Å². The molecule has 0 bridgehead atoms. The third kappa shape index (κ3) is 7.14. The average Bonchev–Trinajstić information content (AvgIpc) is 3.37. The van der Waals surface area contributed by atoms with E-state index in [9.17, 15) is 14.4 Å². The number of para-hydroxylation sites is 1. The van der Waals surface area contributed by atoms with Crippen LogP contribution in [-0.2, 0) is 27.5 Å². The van der Waals surface area contributed by atoms with E-state index in [2.05, 4.69) is 10.6 Å². The molecule has 0 saturated heterocycles. The molecule has 2 heterocycles. The molecule has 0 fully saturated rings. The van der Waals surface area contributed by atoms with Gasteiger partial charge in [0.2, 0.25) is 11.8 Å². The number of methoxy groups -OCH3 is 1. The molecule has 43 heavy (non-hydrogen) atoms. The number of hydrogen-bond acceptors (Lipinski definition) is 7. The summed E-state index contributed by atoms with van der Waals surface area (Å²) in [6.07, 6.45) is 0.969. The van der Waals surface area contributed by atoms with Crippen molar-refractivity contribution in [3.05, 3.63) is 95.1 Å². The van der Waals surface area contributed by atoms with Crippen molar-refractivity contribution in [2.75, 3.05) is 7.11 Å². The number of amidine groups is 2. The molecule has 5 rings (SSSR count). The molecule has 2 aliphatic heterocycles. The molecule has 10 heteroatoms. The number of fused-ring (bicyclic) bond motifs is 3. The Morgan fingerprint density at radius 2 is 1.65 bits per heavy atom. The van der Waals surface area contributed by atoms with E-state index in [4.69, 9.17) is 14.7 Å². The lowest BCUT2D eigenvalue weighted by Gasteiger charge is -2.27. The van der Waals surface area contributed by atoms with Gasteiger partial charge in [-0.05, 0) is 55.2 Å². The van der Waals surface area contributed by atoms with Gasteiger partial charge in [0.05, 0.1) is 18.0 Å². The van der Waals surface area contributed by atoms with E-state index < -0.39 is 11.3 Å². The van der Waals surface area contributed by atoms with E-state index in [0.717, 1.165) is 28.0 Å². The molecular formula is C33H35N5O4S. The van der Waals surface area contributed by atoms with Crippen molar-refractivity contribution in [3.63, 3.8) is 0 Å². The van der Waals surface area contributed by atoms with Crippen LogP contribution in [0, 0.1) is 6.92 Å². The Hall–Kier alpha value is -4.44. The first-order valence-corrected chi connectivity index (χ1v) is 15.2. The number of nitrogens with zero attached hydrogens (tertiary/aromatic N) is 3. The highest BCUT2D eigenvalue weighted by Crippen LogP contribution is 2.35. The lowest BCUT2D eigenvalue weighted by Crippen LogP contribution is -2.43. The largest absolute Gasteiger partial charge is 0.497 e. The number of carbonyl (C=O) groups is 3. The molecule has 9 nitrogen and oxygen atoms in total. The summed E-state index contributed by atoms with van der Waals surface area (Å²) in [6, 6.07) is 22.3. The number of hydrogen-bond donors (Lipinski definition) is 2. The zero-order valence-electron chi connectivity index (χ0n) is 24.5. The summed E-state index contributed by atoms with van der Waals surface area (Å²) in [5, 5.41) is 5.90. The highest BCUT2D eigenvalue weighted by molar-refractivity contribution is 8.15. The number of ether oxygens (including phenoxy) is 1. The number of aryl methyl sites for hydroxylation is 1. The fraction of sp³-hybridized carbons (Fsp3) is 0.303. The minimum absolute atomic E-state index is 0.121. The maximum absolute atomic E-state index is 13.7.